The monoisotopic (exact) mass is 280 g/mol. The number of carbonyl (C=O) groups excluding carboxylic acids is 1. The van der Waals surface area contributed by atoms with Crippen LogP contribution in [0.5, 0.6) is 0 Å². The first-order valence-corrected chi connectivity index (χ1v) is 6.62. The molecule has 0 radical (unpaired) electrons. The van der Waals surface area contributed by atoms with Crippen molar-refractivity contribution in [1.29, 1.82) is 5.26 Å². The van der Waals surface area contributed by atoms with Gasteiger partial charge in [0.25, 0.3) is 5.91 Å². The summed E-state index contributed by atoms with van der Waals surface area (Å²) in [5, 5.41) is 14.9. The quantitative estimate of drug-likeness (QED) is 0.902. The Labute approximate surface area is 123 Å². The van der Waals surface area contributed by atoms with E-state index in [0.29, 0.717) is 16.8 Å². The molecular formula is C16H16N4O. The number of carbonyl (C=O) groups is 1. The summed E-state index contributed by atoms with van der Waals surface area (Å²) in [5.41, 5.74) is 2.14. The Morgan fingerprint density at radius 3 is 2.76 bits per heavy atom. The maximum Gasteiger partial charge on any atom is 0.257 e. The number of amides is 1. The first kappa shape index (κ1) is 14.5. The van der Waals surface area contributed by atoms with E-state index in [9.17, 15) is 4.79 Å². The van der Waals surface area contributed by atoms with Gasteiger partial charge in [-0.1, -0.05) is 12.1 Å². The summed E-state index contributed by atoms with van der Waals surface area (Å²) in [4.78, 5) is 16.3. The number of hydrogen-bond acceptors (Lipinski definition) is 4. The normalized spacial score (nSPS) is 10.0. The highest BCUT2D eigenvalue weighted by atomic mass is 16.1. The predicted molar refractivity (Wildman–Crippen MR) is 82.1 cm³/mol. The molecule has 0 bridgehead atoms. The number of para-hydroxylation sites is 1. The average Bonchev–Trinajstić information content (AvgIpc) is 2.47. The third kappa shape index (κ3) is 3.80. The Hall–Kier alpha value is -2.87. The van der Waals surface area contributed by atoms with Gasteiger partial charge in [-0.2, -0.15) is 5.26 Å². The minimum Gasteiger partial charge on any atom is -0.382 e. The zero-order chi connectivity index (χ0) is 15.2. The summed E-state index contributed by atoms with van der Waals surface area (Å²) in [6.45, 7) is 4.02. The van der Waals surface area contributed by atoms with Crippen LogP contribution in [0.25, 0.3) is 0 Å². The zero-order valence-electron chi connectivity index (χ0n) is 11.9. The highest BCUT2D eigenvalue weighted by Crippen LogP contribution is 2.16. The molecule has 0 saturated carbocycles. The van der Waals surface area contributed by atoms with Crippen LogP contribution < -0.4 is 10.6 Å². The molecule has 1 aromatic carbocycles. The lowest BCUT2D eigenvalue weighted by Gasteiger charge is -2.11. The summed E-state index contributed by atoms with van der Waals surface area (Å²) in [6.07, 6.45) is 3.16. The van der Waals surface area contributed by atoms with Gasteiger partial charge in [0.1, 0.15) is 6.07 Å². The molecule has 2 rings (SSSR count). The minimum absolute atomic E-state index is 0.254. The minimum atomic E-state index is -0.294. The third-order valence-electron chi connectivity index (χ3n) is 2.75. The topological polar surface area (TPSA) is 77.8 Å². The fraction of sp³-hybridized carbons (Fsp3) is 0.188. The van der Waals surface area contributed by atoms with Crippen molar-refractivity contribution in [2.75, 3.05) is 10.6 Å². The number of aromatic nitrogens is 1. The maximum absolute atomic E-state index is 12.2. The van der Waals surface area contributed by atoms with E-state index >= 15 is 0 Å². The molecule has 0 aliphatic heterocycles. The van der Waals surface area contributed by atoms with Gasteiger partial charge in [-0.05, 0) is 32.0 Å². The van der Waals surface area contributed by atoms with Crippen molar-refractivity contribution in [1.82, 2.24) is 4.98 Å². The lowest BCUT2D eigenvalue weighted by molar-refractivity contribution is 0.102. The Kier molecular flexibility index (Phi) is 4.52. The molecule has 0 aliphatic carbocycles. The molecule has 0 atom stereocenters. The van der Waals surface area contributed by atoms with Gasteiger partial charge in [0.2, 0.25) is 0 Å². The fourth-order valence-corrected chi connectivity index (χ4v) is 1.86. The van der Waals surface area contributed by atoms with Crippen molar-refractivity contribution >= 4 is 17.3 Å². The molecule has 2 aromatic rings. The van der Waals surface area contributed by atoms with E-state index < -0.39 is 0 Å². The first-order chi connectivity index (χ1) is 10.1. The second-order valence-electron chi connectivity index (χ2n) is 4.87. The van der Waals surface area contributed by atoms with Crippen LogP contribution in [0.2, 0.25) is 0 Å². The largest absolute Gasteiger partial charge is 0.382 e. The molecule has 21 heavy (non-hydrogen) atoms. The second-order valence-corrected chi connectivity index (χ2v) is 4.87. The van der Waals surface area contributed by atoms with Crippen LogP contribution >= 0.6 is 0 Å². The van der Waals surface area contributed by atoms with Crippen LogP contribution in [-0.2, 0) is 0 Å². The molecule has 0 unspecified atom stereocenters. The smallest absolute Gasteiger partial charge is 0.257 e. The lowest BCUT2D eigenvalue weighted by atomic mass is 10.2. The van der Waals surface area contributed by atoms with Crippen molar-refractivity contribution in [3.63, 3.8) is 0 Å². The van der Waals surface area contributed by atoms with Gasteiger partial charge < -0.3 is 10.6 Å². The van der Waals surface area contributed by atoms with Crippen molar-refractivity contribution in [2.24, 2.45) is 0 Å². The molecule has 0 fully saturated rings. The fourth-order valence-electron chi connectivity index (χ4n) is 1.86. The van der Waals surface area contributed by atoms with Crippen LogP contribution in [0.15, 0.2) is 42.7 Å². The Morgan fingerprint density at radius 2 is 2.05 bits per heavy atom. The van der Waals surface area contributed by atoms with Gasteiger partial charge in [-0.3, -0.25) is 9.78 Å². The highest BCUT2D eigenvalue weighted by molar-refractivity contribution is 6.05. The first-order valence-electron chi connectivity index (χ1n) is 6.62. The van der Waals surface area contributed by atoms with Gasteiger partial charge in [0, 0.05) is 18.4 Å². The molecule has 1 aromatic heterocycles. The molecule has 5 nitrogen and oxygen atoms in total. The SMILES string of the molecule is CC(C)Nc1cncc(C(=O)Nc2ccccc2C#N)c1. The van der Waals surface area contributed by atoms with Crippen LogP contribution in [0, 0.1) is 11.3 Å². The molecular weight excluding hydrogens is 264 g/mol. The molecule has 2 N–H and O–H groups in total. The summed E-state index contributed by atoms with van der Waals surface area (Å²) in [7, 11) is 0. The Balaban J connectivity index is 2.19. The molecule has 106 valence electrons. The van der Waals surface area contributed by atoms with Crippen molar-refractivity contribution in [2.45, 2.75) is 19.9 Å². The third-order valence-corrected chi connectivity index (χ3v) is 2.75. The standard InChI is InChI=1S/C16H16N4O/c1-11(2)19-14-7-13(9-18-10-14)16(21)20-15-6-4-3-5-12(15)8-17/h3-7,9-11,19H,1-2H3,(H,20,21). The number of nitrogens with one attached hydrogen (secondary N) is 2. The van der Waals surface area contributed by atoms with E-state index in [1.165, 1.54) is 6.20 Å². The van der Waals surface area contributed by atoms with Crippen molar-refractivity contribution in [3.8, 4) is 6.07 Å². The van der Waals surface area contributed by atoms with E-state index in [0.717, 1.165) is 5.69 Å². The van der Waals surface area contributed by atoms with E-state index in [1.54, 1.807) is 36.5 Å². The number of pyridine rings is 1. The van der Waals surface area contributed by atoms with Gasteiger partial charge in [0.15, 0.2) is 0 Å². The van der Waals surface area contributed by atoms with E-state index in [1.807, 2.05) is 19.9 Å². The van der Waals surface area contributed by atoms with Crippen LogP contribution in [0.4, 0.5) is 11.4 Å². The number of anilines is 2. The molecule has 0 saturated heterocycles. The average molecular weight is 280 g/mol. The highest BCUT2D eigenvalue weighted by Gasteiger charge is 2.10. The lowest BCUT2D eigenvalue weighted by Crippen LogP contribution is -2.15. The molecule has 0 aliphatic rings. The number of rotatable bonds is 4. The Bertz CT molecular complexity index is 689. The van der Waals surface area contributed by atoms with E-state index in [2.05, 4.69) is 15.6 Å². The van der Waals surface area contributed by atoms with E-state index in [-0.39, 0.29) is 11.9 Å². The summed E-state index contributed by atoms with van der Waals surface area (Å²) >= 11 is 0. The molecule has 1 heterocycles. The maximum atomic E-state index is 12.2. The van der Waals surface area contributed by atoms with Crippen LogP contribution in [-0.4, -0.2) is 16.9 Å². The van der Waals surface area contributed by atoms with Crippen LogP contribution in [0.1, 0.15) is 29.8 Å². The number of hydrogen-bond donors (Lipinski definition) is 2. The Morgan fingerprint density at radius 1 is 1.29 bits per heavy atom. The second kappa shape index (κ2) is 6.53. The van der Waals surface area contributed by atoms with Gasteiger partial charge in [0.05, 0.1) is 22.5 Å². The van der Waals surface area contributed by atoms with Crippen molar-refractivity contribution < 1.29 is 4.79 Å². The number of nitrogens with zero attached hydrogens (tertiary/aromatic N) is 2. The molecule has 0 spiro atoms. The number of benzene rings is 1. The van der Waals surface area contributed by atoms with Crippen molar-refractivity contribution in [3.05, 3.63) is 53.9 Å². The van der Waals surface area contributed by atoms with E-state index in [4.69, 9.17) is 5.26 Å². The van der Waals surface area contributed by atoms with Gasteiger partial charge in [-0.15, -0.1) is 0 Å². The predicted octanol–water partition coefficient (Wildman–Crippen LogP) is 3.03. The summed E-state index contributed by atoms with van der Waals surface area (Å²) in [5.74, 6) is -0.294. The molecule has 5 heteroatoms. The number of nitriles is 1. The van der Waals surface area contributed by atoms with Gasteiger partial charge in [-0.25, -0.2) is 0 Å². The zero-order valence-corrected chi connectivity index (χ0v) is 11.9. The van der Waals surface area contributed by atoms with Gasteiger partial charge >= 0.3 is 0 Å². The summed E-state index contributed by atoms with van der Waals surface area (Å²) < 4.78 is 0. The summed E-state index contributed by atoms with van der Waals surface area (Å²) in [6, 6.07) is 10.9. The van der Waals surface area contributed by atoms with Crippen LogP contribution in [0.3, 0.4) is 0 Å². The molecule has 1 amide bonds.